The fourth-order valence-electron chi connectivity index (χ4n) is 1.08. The number of hydrogen-bond donors (Lipinski definition) is 1. The summed E-state index contributed by atoms with van der Waals surface area (Å²) in [5, 5.41) is 3.00. The van der Waals surface area contributed by atoms with Crippen molar-refractivity contribution in [2.24, 2.45) is 0 Å². The van der Waals surface area contributed by atoms with E-state index < -0.39 is 0 Å². The molecule has 0 saturated carbocycles. The number of hydrogen-bond acceptors (Lipinski definition) is 2. The van der Waals surface area contributed by atoms with Crippen molar-refractivity contribution < 1.29 is 4.79 Å². The van der Waals surface area contributed by atoms with Crippen LogP contribution in [-0.2, 0) is 4.79 Å². The van der Waals surface area contributed by atoms with Crippen LogP contribution >= 0.6 is 27.7 Å². The summed E-state index contributed by atoms with van der Waals surface area (Å²) in [5.74, 6) is 1.27. The van der Waals surface area contributed by atoms with Crippen LogP contribution < -0.4 is 5.32 Å². The largest absolute Gasteiger partial charge is 0.351 e. The molecule has 0 aromatic carbocycles. The van der Waals surface area contributed by atoms with Gasteiger partial charge in [0.25, 0.3) is 0 Å². The Morgan fingerprint density at radius 3 is 3.00 bits per heavy atom. The topological polar surface area (TPSA) is 29.1 Å². The molecule has 1 N–H and O–H groups in total. The van der Waals surface area contributed by atoms with Gasteiger partial charge < -0.3 is 5.32 Å². The second-order valence-corrected chi connectivity index (χ2v) is 5.17. The van der Waals surface area contributed by atoms with Crippen LogP contribution in [0.4, 0.5) is 0 Å². The third-order valence-corrected chi connectivity index (χ3v) is 3.33. The van der Waals surface area contributed by atoms with E-state index in [2.05, 4.69) is 27.8 Å². The van der Waals surface area contributed by atoms with Crippen molar-refractivity contribution >= 4 is 33.6 Å². The number of rotatable bonds is 3. The van der Waals surface area contributed by atoms with Crippen molar-refractivity contribution in [1.82, 2.24) is 5.32 Å². The highest BCUT2D eigenvalue weighted by molar-refractivity contribution is 9.11. The first-order valence-electron chi connectivity index (χ1n) is 3.93. The first-order chi connectivity index (χ1) is 5.70. The molecular weight excluding hydrogens is 238 g/mol. The predicted octanol–water partition coefficient (Wildman–Crippen LogP) is 1.91. The quantitative estimate of drug-likeness (QED) is 0.828. The Kier molecular flexibility index (Phi) is 4.15. The molecule has 1 amide bonds. The number of halogens is 1. The van der Waals surface area contributed by atoms with Gasteiger partial charge in [0, 0.05) is 11.0 Å². The second kappa shape index (κ2) is 4.92. The summed E-state index contributed by atoms with van der Waals surface area (Å²) < 4.78 is 0.818. The fourth-order valence-corrected chi connectivity index (χ4v) is 2.41. The molecule has 0 aliphatic carbocycles. The molecular formula is C8H12BrNOS. The molecule has 4 heteroatoms. The molecule has 0 aromatic rings. The first-order valence-corrected chi connectivity index (χ1v) is 5.77. The van der Waals surface area contributed by atoms with Crippen molar-refractivity contribution in [2.75, 3.05) is 12.3 Å². The zero-order valence-corrected chi connectivity index (χ0v) is 9.21. The van der Waals surface area contributed by atoms with Crippen LogP contribution in [0.15, 0.2) is 11.1 Å². The van der Waals surface area contributed by atoms with Gasteiger partial charge in [-0.2, -0.15) is 0 Å². The monoisotopic (exact) mass is 249 g/mol. The Labute approximate surface area is 85.3 Å². The van der Waals surface area contributed by atoms with E-state index in [4.69, 9.17) is 0 Å². The van der Waals surface area contributed by atoms with Gasteiger partial charge in [-0.3, -0.25) is 4.79 Å². The second-order valence-electron chi connectivity index (χ2n) is 2.74. The molecule has 1 rings (SSSR count). The average Bonchev–Trinajstić information content (AvgIpc) is 2.51. The molecule has 1 saturated heterocycles. The van der Waals surface area contributed by atoms with Gasteiger partial charge in [0.2, 0.25) is 5.91 Å². The molecule has 1 unspecified atom stereocenters. The molecule has 0 aromatic heterocycles. The van der Waals surface area contributed by atoms with Crippen molar-refractivity contribution in [3.63, 3.8) is 0 Å². The van der Waals surface area contributed by atoms with Crippen molar-refractivity contribution in [1.29, 1.82) is 0 Å². The van der Waals surface area contributed by atoms with E-state index in [9.17, 15) is 4.79 Å². The van der Waals surface area contributed by atoms with Crippen LogP contribution in [0.5, 0.6) is 0 Å². The van der Waals surface area contributed by atoms with Crippen LogP contribution in [0, 0.1) is 0 Å². The third kappa shape index (κ3) is 3.19. The van der Waals surface area contributed by atoms with Gasteiger partial charge >= 0.3 is 0 Å². The molecule has 0 bridgehead atoms. The summed E-state index contributed by atoms with van der Waals surface area (Å²) in [7, 11) is 0. The minimum absolute atomic E-state index is 0.151. The molecule has 1 fully saturated rings. The lowest BCUT2D eigenvalue weighted by Gasteiger charge is -2.08. The Balaban J connectivity index is 2.23. The summed E-state index contributed by atoms with van der Waals surface area (Å²) >= 11 is 4.94. The summed E-state index contributed by atoms with van der Waals surface area (Å²) in [4.78, 5) is 11.4. The number of thioether (sulfide) groups is 1. The summed E-state index contributed by atoms with van der Waals surface area (Å²) in [6.45, 7) is 4.19. The fraction of sp³-hybridized carbons (Fsp3) is 0.625. The maximum atomic E-state index is 11.4. The Morgan fingerprint density at radius 2 is 2.50 bits per heavy atom. The zero-order valence-electron chi connectivity index (χ0n) is 6.81. The number of nitrogens with one attached hydrogen (secondary N) is 1. The van der Waals surface area contributed by atoms with Crippen LogP contribution in [0.2, 0.25) is 0 Å². The van der Waals surface area contributed by atoms with Crippen LogP contribution in [-0.4, -0.2) is 23.5 Å². The number of carbonyl (C=O) groups excluding carboxylic acids is 1. The SMILES string of the molecule is C=C(Br)CNC(=O)C1CCCS1. The van der Waals surface area contributed by atoms with Crippen molar-refractivity contribution in [3.8, 4) is 0 Å². The first kappa shape index (κ1) is 10.1. The normalized spacial score (nSPS) is 22.2. The molecule has 68 valence electrons. The van der Waals surface area contributed by atoms with Gasteiger partial charge in [-0.1, -0.05) is 22.5 Å². The van der Waals surface area contributed by atoms with Gasteiger partial charge in [0.05, 0.1) is 5.25 Å². The Morgan fingerprint density at radius 1 is 1.75 bits per heavy atom. The van der Waals surface area contributed by atoms with Crippen LogP contribution in [0.3, 0.4) is 0 Å². The van der Waals surface area contributed by atoms with E-state index in [1.165, 1.54) is 0 Å². The smallest absolute Gasteiger partial charge is 0.233 e. The highest BCUT2D eigenvalue weighted by Gasteiger charge is 2.22. The van der Waals surface area contributed by atoms with E-state index in [1.807, 2.05) is 0 Å². The maximum absolute atomic E-state index is 11.4. The van der Waals surface area contributed by atoms with Gasteiger partial charge in [-0.05, 0) is 18.6 Å². The molecule has 12 heavy (non-hydrogen) atoms. The highest BCUT2D eigenvalue weighted by atomic mass is 79.9. The minimum atomic E-state index is 0.151. The number of carbonyl (C=O) groups is 1. The van der Waals surface area contributed by atoms with Gasteiger partial charge in [0.1, 0.15) is 0 Å². The Hall–Kier alpha value is 0.0400. The molecule has 1 atom stereocenters. The van der Waals surface area contributed by atoms with Crippen LogP contribution in [0.25, 0.3) is 0 Å². The standard InChI is InChI=1S/C8H12BrNOS/c1-6(9)5-10-8(11)7-3-2-4-12-7/h7H,1-5H2,(H,10,11). The lowest BCUT2D eigenvalue weighted by Crippen LogP contribution is -2.31. The highest BCUT2D eigenvalue weighted by Crippen LogP contribution is 2.25. The van der Waals surface area contributed by atoms with E-state index >= 15 is 0 Å². The van der Waals surface area contributed by atoms with Gasteiger partial charge in [0.15, 0.2) is 0 Å². The molecule has 2 nitrogen and oxygen atoms in total. The van der Waals surface area contributed by atoms with Gasteiger partial charge in [-0.25, -0.2) is 0 Å². The van der Waals surface area contributed by atoms with Crippen molar-refractivity contribution in [3.05, 3.63) is 11.1 Å². The lowest BCUT2D eigenvalue weighted by molar-refractivity contribution is -0.120. The molecule has 1 aliphatic rings. The average molecular weight is 250 g/mol. The molecule has 1 heterocycles. The van der Waals surface area contributed by atoms with E-state index in [1.54, 1.807) is 11.8 Å². The summed E-state index contributed by atoms with van der Waals surface area (Å²) in [6, 6.07) is 0. The lowest BCUT2D eigenvalue weighted by atomic mass is 10.2. The zero-order chi connectivity index (χ0) is 8.97. The predicted molar refractivity (Wildman–Crippen MR) is 56.6 cm³/mol. The minimum Gasteiger partial charge on any atom is -0.351 e. The summed E-state index contributed by atoms with van der Waals surface area (Å²) in [6.07, 6.45) is 2.18. The van der Waals surface area contributed by atoms with E-state index in [0.29, 0.717) is 6.54 Å². The van der Waals surface area contributed by atoms with E-state index in [0.717, 1.165) is 23.1 Å². The Bertz CT molecular complexity index is 189. The summed E-state index contributed by atoms with van der Waals surface area (Å²) in [5.41, 5.74) is 0. The molecule has 1 aliphatic heterocycles. The van der Waals surface area contributed by atoms with Crippen LogP contribution in [0.1, 0.15) is 12.8 Å². The van der Waals surface area contributed by atoms with E-state index in [-0.39, 0.29) is 11.2 Å². The molecule has 0 radical (unpaired) electrons. The maximum Gasteiger partial charge on any atom is 0.233 e. The number of amides is 1. The van der Waals surface area contributed by atoms with Crippen molar-refractivity contribution in [2.45, 2.75) is 18.1 Å². The van der Waals surface area contributed by atoms with Gasteiger partial charge in [-0.15, -0.1) is 11.8 Å². The third-order valence-electron chi connectivity index (χ3n) is 1.68. The molecule has 0 spiro atoms.